The molecule has 0 aromatic rings. The summed E-state index contributed by atoms with van der Waals surface area (Å²) >= 11 is 5.25. The van der Waals surface area contributed by atoms with Crippen molar-refractivity contribution in [1.82, 2.24) is 0 Å². The first-order chi connectivity index (χ1) is 2.41. The zero-order valence-electron chi connectivity index (χ0n) is 9.91. The minimum atomic E-state index is 0. The van der Waals surface area contributed by atoms with Crippen LogP contribution in [0.3, 0.4) is 0 Å². The number of hydrogen-bond donors (Lipinski definition) is 0. The molecule has 18 heteroatoms. The van der Waals surface area contributed by atoms with E-state index in [1.807, 2.05) is 22.3 Å². The van der Waals surface area contributed by atoms with Crippen LogP contribution in [0.1, 0.15) is 14.9 Å². The summed E-state index contributed by atoms with van der Waals surface area (Å²) in [6, 6.07) is 0. The second-order valence-corrected chi connectivity index (χ2v) is 2.76. The average molecular weight is 588 g/mol. The van der Waals surface area contributed by atoms with Gasteiger partial charge in [0.15, 0.2) is 0 Å². The van der Waals surface area contributed by atoms with E-state index in [2.05, 4.69) is 2.79 Å². The van der Waals surface area contributed by atoms with E-state index in [-0.39, 0.29) is 104 Å². The van der Waals surface area contributed by atoms with E-state index in [9.17, 15) is 0 Å². The molecule has 149 valence electrons. The van der Waals surface area contributed by atoms with Crippen LogP contribution in [-0.2, 0) is 2.79 Å². The summed E-state index contributed by atoms with van der Waals surface area (Å²) in [4.78, 5) is 0. The molecule has 0 amide bonds. The van der Waals surface area contributed by atoms with Crippen LogP contribution in [0.15, 0.2) is 0 Å². The predicted molar refractivity (Wildman–Crippen MR) is 90.4 cm³/mol. The van der Waals surface area contributed by atoms with Crippen molar-refractivity contribution >= 4 is 67.8 Å². The first-order valence-electron chi connectivity index (χ1n) is 0.908. The molecule has 13 radical (unpaired) electrons. The molecule has 0 bridgehead atoms. The Morgan fingerprint density at radius 1 is 0.429 bits per heavy atom. The SMILES string of the molecule is C.C.O.O.O.O.O.O.O.O.O.O.O.O.O.[CH3][Ge].[Ge].[Ge][O][Ge]. The summed E-state index contributed by atoms with van der Waals surface area (Å²) in [5, 5.41) is 0. The molecule has 0 heterocycles. The van der Waals surface area contributed by atoms with Gasteiger partial charge in [0.25, 0.3) is 0 Å². The molecule has 0 unspecified atom stereocenters. The van der Waals surface area contributed by atoms with E-state index < -0.39 is 0 Å². The van der Waals surface area contributed by atoms with Crippen molar-refractivity contribution in [2.45, 2.75) is 20.6 Å². The van der Waals surface area contributed by atoms with Gasteiger partial charge in [-0.3, -0.25) is 0 Å². The first-order valence-corrected chi connectivity index (χ1v) is 4.72. The summed E-state index contributed by atoms with van der Waals surface area (Å²) in [5.41, 5.74) is 0. The van der Waals surface area contributed by atoms with Crippen LogP contribution >= 0.6 is 0 Å². The third-order valence-electron chi connectivity index (χ3n) is 0. The van der Waals surface area contributed by atoms with Gasteiger partial charge in [-0.2, -0.15) is 0 Å². The first kappa shape index (κ1) is 497. The standard InChI is InChI=1S/CH3Ge.2CH4.Ge2O.Ge.13H2O/c1-2;;;1-3-2;;;;;;;;;;;;;;/h1H3;2*1H4;;;13*1H2. The normalized spacial score (nSPS) is 1.14. The Labute approximate surface area is 162 Å². The number of rotatable bonds is 0. The van der Waals surface area contributed by atoms with E-state index in [0.717, 1.165) is 0 Å². The van der Waals surface area contributed by atoms with Crippen molar-refractivity contribution in [1.29, 1.82) is 0 Å². The van der Waals surface area contributed by atoms with E-state index in [1.165, 1.54) is 0 Å². The average Bonchev–Trinajstić information content (AvgIpc) is 1.46. The molecule has 21 heavy (non-hydrogen) atoms. The van der Waals surface area contributed by atoms with Crippen LogP contribution in [0.4, 0.5) is 0 Å². The molecule has 0 fully saturated rings. The molecule has 0 rings (SSSR count). The number of hydrogen-bond acceptors (Lipinski definition) is 1. The molecule has 0 aromatic carbocycles. The summed E-state index contributed by atoms with van der Waals surface area (Å²) in [6.45, 7) is 0. The van der Waals surface area contributed by atoms with E-state index in [0.29, 0.717) is 0 Å². The molecule has 0 aliphatic carbocycles. The van der Waals surface area contributed by atoms with Crippen molar-refractivity contribution in [3.8, 4) is 0 Å². The molecule has 0 atom stereocenters. The predicted octanol–water partition coefficient (Wildman–Crippen LogP) is -10.5. The fraction of sp³-hybridized carbons (Fsp3) is 1.00. The second kappa shape index (κ2) is 1350. The minimum absolute atomic E-state index is 0. The van der Waals surface area contributed by atoms with Gasteiger partial charge in [-0.25, -0.2) is 0 Å². The van der Waals surface area contributed by atoms with Crippen LogP contribution in [0.25, 0.3) is 0 Å². The third-order valence-corrected chi connectivity index (χ3v) is 0. The molecule has 0 aliphatic heterocycles. The van der Waals surface area contributed by atoms with Gasteiger partial charge in [-0.15, -0.1) is 0 Å². The zero-order chi connectivity index (χ0) is 4.71. The Hall–Kier alpha value is 1.61. The van der Waals surface area contributed by atoms with E-state index in [4.69, 9.17) is 0 Å². The maximum absolute atomic E-state index is 4.25. The van der Waals surface area contributed by atoms with E-state index in [1.54, 1.807) is 33.7 Å². The van der Waals surface area contributed by atoms with Crippen molar-refractivity contribution in [3.63, 3.8) is 0 Å². The molecule has 0 spiro atoms. The van der Waals surface area contributed by atoms with Gasteiger partial charge in [-0.1, -0.05) is 14.9 Å². The molecule has 0 saturated carbocycles. The summed E-state index contributed by atoms with van der Waals surface area (Å²) in [5.74, 6) is 2.00. The Kier molecular flexibility index (Phi) is 31800. The van der Waals surface area contributed by atoms with Gasteiger partial charge in [0.2, 0.25) is 0 Å². The molecule has 0 aliphatic rings. The summed E-state index contributed by atoms with van der Waals surface area (Å²) < 4.78 is 4.25. The van der Waals surface area contributed by atoms with Crippen molar-refractivity contribution in [2.24, 2.45) is 0 Å². The Morgan fingerprint density at radius 3 is 0.429 bits per heavy atom. The van der Waals surface area contributed by atoms with E-state index >= 15 is 0 Å². The molecule has 0 aromatic heterocycles. The fourth-order valence-corrected chi connectivity index (χ4v) is 0. The van der Waals surface area contributed by atoms with Gasteiger partial charge < -0.3 is 71.2 Å². The molecule has 26 N–H and O–H groups in total. The molecule has 14 nitrogen and oxygen atoms in total. The zero-order valence-corrected chi connectivity index (χ0v) is 18.3. The van der Waals surface area contributed by atoms with Gasteiger partial charge in [-0.05, 0) is 0 Å². The van der Waals surface area contributed by atoms with Gasteiger partial charge >= 0.3 is 58.8 Å². The van der Waals surface area contributed by atoms with Crippen LogP contribution in [0.2, 0.25) is 5.76 Å². The molecular formula is C3H37Ge4O14. The van der Waals surface area contributed by atoms with Gasteiger partial charge in [0.05, 0.1) is 0 Å². The second-order valence-electron chi connectivity index (χ2n) is 0.102. The Balaban J connectivity index is -0.000000000307. The van der Waals surface area contributed by atoms with Crippen LogP contribution in [0.5, 0.6) is 0 Å². The summed E-state index contributed by atoms with van der Waals surface area (Å²) in [7, 11) is 0. The van der Waals surface area contributed by atoms with Gasteiger partial charge in [0, 0.05) is 17.6 Å². The van der Waals surface area contributed by atoms with Gasteiger partial charge in [0.1, 0.15) is 0 Å². The monoisotopic (exact) mass is 593 g/mol. The van der Waals surface area contributed by atoms with Crippen molar-refractivity contribution < 1.29 is 74.0 Å². The van der Waals surface area contributed by atoms with Crippen molar-refractivity contribution in [2.75, 3.05) is 0 Å². The quantitative estimate of drug-likeness (QED) is 0.245. The molecular weight excluding hydrogens is 550 g/mol. The van der Waals surface area contributed by atoms with Crippen molar-refractivity contribution in [3.05, 3.63) is 0 Å². The van der Waals surface area contributed by atoms with Crippen LogP contribution in [0, 0.1) is 0 Å². The fourth-order valence-electron chi connectivity index (χ4n) is 0. The third kappa shape index (κ3) is 3200. The Bertz CT molecular complexity index is 26.2. The maximum atomic E-state index is 4.25. The Morgan fingerprint density at radius 2 is 0.429 bits per heavy atom. The van der Waals surface area contributed by atoms with Crippen LogP contribution in [-0.4, -0.2) is 139 Å². The molecule has 0 saturated heterocycles. The topological polar surface area (TPSA) is 419 Å². The van der Waals surface area contributed by atoms with Crippen LogP contribution < -0.4 is 0 Å². The summed E-state index contributed by atoms with van der Waals surface area (Å²) in [6.07, 6.45) is 0.